The van der Waals surface area contributed by atoms with E-state index < -0.39 is 11.1 Å². The second-order valence-corrected chi connectivity index (χ2v) is 7.16. The first-order valence-electron chi connectivity index (χ1n) is 8.76. The van der Waals surface area contributed by atoms with Crippen molar-refractivity contribution in [1.29, 1.82) is 10.5 Å². The van der Waals surface area contributed by atoms with Crippen LogP contribution in [0, 0.1) is 28.6 Å². The van der Waals surface area contributed by atoms with Crippen LogP contribution >= 0.6 is 12.6 Å². The van der Waals surface area contributed by atoms with Crippen LogP contribution in [0.5, 0.6) is 0 Å². The van der Waals surface area contributed by atoms with Gasteiger partial charge >= 0.3 is 0 Å². The van der Waals surface area contributed by atoms with Crippen LogP contribution in [-0.4, -0.2) is 16.8 Å². The predicted molar refractivity (Wildman–Crippen MR) is 98.5 cm³/mol. The molecule has 0 saturated heterocycles. The van der Waals surface area contributed by atoms with Gasteiger partial charge in [0.1, 0.15) is 0 Å². The highest BCUT2D eigenvalue weighted by Gasteiger charge is 2.27. The molecule has 0 aliphatic carbocycles. The predicted octanol–water partition coefficient (Wildman–Crippen LogP) is 5.71. The average Bonchev–Trinajstić information content (AvgIpc) is 2.59. The van der Waals surface area contributed by atoms with Gasteiger partial charge in [-0.2, -0.15) is 33.4 Å². The molecule has 0 aromatic rings. The van der Waals surface area contributed by atoms with E-state index in [4.69, 9.17) is 5.26 Å². The average molecular weight is 337 g/mol. The fourth-order valence-electron chi connectivity index (χ4n) is 2.28. The first-order valence-corrected chi connectivity index (χ1v) is 9.39. The number of nitriles is 2. The van der Waals surface area contributed by atoms with Gasteiger partial charge in [-0.1, -0.05) is 39.5 Å². The molecule has 0 aromatic carbocycles. The number of thiol groups is 1. The van der Waals surface area contributed by atoms with Crippen molar-refractivity contribution in [2.45, 2.75) is 90.1 Å². The van der Waals surface area contributed by atoms with E-state index in [1.165, 1.54) is 25.7 Å². The van der Waals surface area contributed by atoms with Gasteiger partial charge in [0, 0.05) is 0 Å². The van der Waals surface area contributed by atoms with Gasteiger partial charge in [0.25, 0.3) is 0 Å². The number of rotatable bonds is 12. The molecule has 0 N–H and O–H groups in total. The van der Waals surface area contributed by atoms with E-state index in [0.29, 0.717) is 18.8 Å². The lowest BCUT2D eigenvalue weighted by molar-refractivity contribution is 0.361. The Morgan fingerprint density at radius 1 is 0.957 bits per heavy atom. The largest absolute Gasteiger partial charge is 0.196 e. The van der Waals surface area contributed by atoms with E-state index in [9.17, 15) is 5.26 Å². The Morgan fingerprint density at radius 3 is 2.04 bits per heavy atom. The third-order valence-electron chi connectivity index (χ3n) is 4.55. The lowest BCUT2D eigenvalue weighted by Crippen LogP contribution is -2.23. The quantitative estimate of drug-likeness (QED) is 0.281. The van der Waals surface area contributed by atoms with Crippen LogP contribution in [0.25, 0.3) is 0 Å². The fourth-order valence-corrected chi connectivity index (χ4v) is 2.50. The zero-order valence-corrected chi connectivity index (χ0v) is 16.1. The molecule has 0 bridgehead atoms. The monoisotopic (exact) mass is 336 g/mol. The summed E-state index contributed by atoms with van der Waals surface area (Å²) in [5.74, 6) is 1.59. The number of unbranched alkanes of at least 4 members (excludes halogenated alkanes) is 2. The van der Waals surface area contributed by atoms with Gasteiger partial charge in [-0.15, -0.1) is 0 Å². The summed E-state index contributed by atoms with van der Waals surface area (Å²) in [6, 6.07) is 4.44. The van der Waals surface area contributed by atoms with Gasteiger partial charge in [0.05, 0.1) is 12.1 Å². The van der Waals surface area contributed by atoms with E-state index >= 15 is 0 Å². The highest BCUT2D eigenvalue weighted by molar-refractivity contribution is 7.80. The van der Waals surface area contributed by atoms with E-state index in [1.54, 1.807) is 6.92 Å². The van der Waals surface area contributed by atoms with Crippen LogP contribution in [0.15, 0.2) is 10.2 Å². The number of hydrogen-bond acceptors (Lipinski definition) is 5. The summed E-state index contributed by atoms with van der Waals surface area (Å²) in [6.45, 7) is 7.68. The first-order chi connectivity index (χ1) is 10.9. The fraction of sp³-hybridized carbons (Fsp3) is 0.889. The Kier molecular flexibility index (Phi) is 10.9. The van der Waals surface area contributed by atoms with Gasteiger partial charge in [0.15, 0.2) is 11.1 Å². The Labute approximate surface area is 147 Å². The van der Waals surface area contributed by atoms with Crippen molar-refractivity contribution >= 4 is 12.6 Å². The summed E-state index contributed by atoms with van der Waals surface area (Å²) in [4.78, 5) is 0. The van der Waals surface area contributed by atoms with E-state index in [0.717, 1.165) is 18.6 Å². The molecule has 0 aromatic heterocycles. The molecule has 0 amide bonds. The van der Waals surface area contributed by atoms with Crippen LogP contribution in [-0.2, 0) is 0 Å². The van der Waals surface area contributed by atoms with Crippen LogP contribution < -0.4 is 0 Å². The molecule has 0 rings (SSSR count). The highest BCUT2D eigenvalue weighted by Crippen LogP contribution is 2.27. The van der Waals surface area contributed by atoms with Crippen molar-refractivity contribution in [1.82, 2.24) is 0 Å². The molecule has 5 heteroatoms. The van der Waals surface area contributed by atoms with Crippen LogP contribution in [0.3, 0.4) is 0 Å². The summed E-state index contributed by atoms with van der Waals surface area (Å²) < 4.78 is 0. The molecular weight excluding hydrogens is 304 g/mol. The van der Waals surface area contributed by atoms with Crippen LogP contribution in [0.1, 0.15) is 79.1 Å². The molecule has 4 nitrogen and oxygen atoms in total. The minimum absolute atomic E-state index is 0.594. The number of hydrogen-bond donors (Lipinski definition) is 1. The van der Waals surface area contributed by atoms with Crippen LogP contribution in [0.2, 0.25) is 0 Å². The molecule has 0 radical (unpaired) electrons. The summed E-state index contributed by atoms with van der Waals surface area (Å²) in [6.07, 6.45) is 8.24. The van der Waals surface area contributed by atoms with Gasteiger partial charge in [-0.25, -0.2) is 0 Å². The highest BCUT2D eigenvalue weighted by atomic mass is 32.1. The van der Waals surface area contributed by atoms with Crippen molar-refractivity contribution < 1.29 is 0 Å². The SMILES string of the molecule is CCC(CCCCCS)CCC(C)(C#N)N=NC(C)(C#N)CC. The number of nitrogens with zero attached hydrogens (tertiary/aromatic N) is 4. The van der Waals surface area contributed by atoms with Crippen molar-refractivity contribution in [2.75, 3.05) is 5.75 Å². The molecule has 0 aliphatic rings. The molecule has 0 saturated carbocycles. The lowest BCUT2D eigenvalue weighted by Gasteiger charge is -2.21. The topological polar surface area (TPSA) is 72.3 Å². The van der Waals surface area contributed by atoms with E-state index in [-0.39, 0.29) is 0 Å². The summed E-state index contributed by atoms with van der Waals surface area (Å²) in [7, 11) is 0. The van der Waals surface area contributed by atoms with E-state index in [1.807, 2.05) is 13.8 Å². The summed E-state index contributed by atoms with van der Waals surface area (Å²) >= 11 is 4.24. The van der Waals surface area contributed by atoms with Crippen molar-refractivity contribution in [3.63, 3.8) is 0 Å². The zero-order valence-electron chi connectivity index (χ0n) is 15.2. The van der Waals surface area contributed by atoms with Crippen molar-refractivity contribution in [3.05, 3.63) is 0 Å². The molecule has 0 heterocycles. The zero-order chi connectivity index (χ0) is 17.8. The standard InChI is InChI=1S/C18H32N4S/c1-5-16(10-8-7-9-13-23)11-12-18(4,15-20)22-21-17(3,6-2)14-19/h16,23H,5-13H2,1-4H3. The number of azo groups is 1. The lowest BCUT2D eigenvalue weighted by atomic mass is 9.88. The normalized spacial score (nSPS) is 17.9. The molecule has 0 fully saturated rings. The second-order valence-electron chi connectivity index (χ2n) is 6.71. The van der Waals surface area contributed by atoms with E-state index in [2.05, 4.69) is 41.9 Å². The second kappa shape index (κ2) is 11.5. The van der Waals surface area contributed by atoms with Gasteiger partial charge < -0.3 is 0 Å². The van der Waals surface area contributed by atoms with Crippen molar-refractivity contribution in [3.8, 4) is 12.1 Å². The molecule has 0 aliphatic heterocycles. The smallest absolute Gasteiger partial charge is 0.164 e. The maximum Gasteiger partial charge on any atom is 0.164 e. The van der Waals surface area contributed by atoms with Crippen molar-refractivity contribution in [2.24, 2.45) is 16.1 Å². The molecule has 3 atom stereocenters. The summed E-state index contributed by atoms with van der Waals surface area (Å²) in [5.41, 5.74) is -1.65. The molecule has 0 spiro atoms. The maximum atomic E-state index is 9.46. The molecule has 23 heavy (non-hydrogen) atoms. The third-order valence-corrected chi connectivity index (χ3v) is 4.87. The molecule has 3 unspecified atom stereocenters. The van der Waals surface area contributed by atoms with Crippen LogP contribution in [0.4, 0.5) is 0 Å². The Morgan fingerprint density at radius 2 is 1.57 bits per heavy atom. The van der Waals surface area contributed by atoms with Gasteiger partial charge in [-0.05, 0) is 51.2 Å². The maximum absolute atomic E-state index is 9.46. The minimum Gasteiger partial charge on any atom is -0.196 e. The van der Waals surface area contributed by atoms with Gasteiger partial charge in [0.2, 0.25) is 0 Å². The Balaban J connectivity index is 4.58. The Bertz CT molecular complexity index is 437. The third kappa shape index (κ3) is 8.96. The van der Waals surface area contributed by atoms with Gasteiger partial charge in [-0.3, -0.25) is 0 Å². The summed E-state index contributed by atoms with van der Waals surface area (Å²) in [5, 5.41) is 27.0. The minimum atomic E-state index is -0.828. The molecule has 130 valence electrons. The molecular formula is C18H32N4S. The Hall–Kier alpha value is -1.07. The first kappa shape index (κ1) is 21.9.